The highest BCUT2D eigenvalue weighted by atomic mass is 16.5. The molecule has 0 spiro atoms. The lowest BCUT2D eigenvalue weighted by Crippen LogP contribution is -2.25. The Labute approximate surface area is 117 Å². The van der Waals surface area contributed by atoms with Crippen LogP contribution >= 0.6 is 0 Å². The van der Waals surface area contributed by atoms with Gasteiger partial charge in [0, 0.05) is 38.1 Å². The van der Waals surface area contributed by atoms with Crippen LogP contribution in [-0.2, 0) is 9.59 Å². The molecule has 2 amide bonds. The topological polar surface area (TPSA) is 78.9 Å². The maximum atomic E-state index is 12.0. The fraction of sp³-hybridized carbons (Fsp3) is 0.429. The Balaban J connectivity index is 2.33. The second-order valence-corrected chi connectivity index (χ2v) is 4.82. The summed E-state index contributed by atoms with van der Waals surface area (Å²) >= 11 is 0. The summed E-state index contributed by atoms with van der Waals surface area (Å²) in [5, 5.41) is 11.9. The molecule has 1 aromatic carbocycles. The second kappa shape index (κ2) is 5.92. The molecule has 0 aliphatic carbocycles. The lowest BCUT2D eigenvalue weighted by molar-refractivity contribution is -0.117. The van der Waals surface area contributed by atoms with Gasteiger partial charge in [0.2, 0.25) is 11.8 Å². The molecule has 20 heavy (non-hydrogen) atoms. The average molecular weight is 278 g/mol. The van der Waals surface area contributed by atoms with Gasteiger partial charge in [0.05, 0.1) is 12.8 Å². The molecule has 6 nitrogen and oxygen atoms in total. The number of aliphatic hydroxyl groups excluding tert-OH is 1. The molecule has 1 aliphatic rings. The number of ether oxygens (including phenoxy) is 1. The predicted octanol–water partition coefficient (Wildman–Crippen LogP) is 0.999. The van der Waals surface area contributed by atoms with Crippen LogP contribution in [0.5, 0.6) is 5.75 Å². The van der Waals surface area contributed by atoms with E-state index >= 15 is 0 Å². The molecule has 0 aromatic heterocycles. The molecule has 0 bridgehead atoms. The molecule has 6 heteroatoms. The minimum Gasteiger partial charge on any atom is -0.495 e. The van der Waals surface area contributed by atoms with Crippen molar-refractivity contribution in [2.24, 2.45) is 5.92 Å². The van der Waals surface area contributed by atoms with Gasteiger partial charge in [-0.15, -0.1) is 0 Å². The molecule has 2 N–H and O–H groups in total. The summed E-state index contributed by atoms with van der Waals surface area (Å²) in [4.78, 5) is 24.7. The van der Waals surface area contributed by atoms with Crippen LogP contribution in [0.1, 0.15) is 13.3 Å². The van der Waals surface area contributed by atoms with Gasteiger partial charge < -0.3 is 20.1 Å². The van der Waals surface area contributed by atoms with Crippen molar-refractivity contribution >= 4 is 23.2 Å². The Morgan fingerprint density at radius 1 is 1.55 bits per heavy atom. The number of benzene rings is 1. The quantitative estimate of drug-likeness (QED) is 0.861. The lowest BCUT2D eigenvalue weighted by Gasteiger charge is -2.20. The third kappa shape index (κ3) is 2.91. The molecule has 1 aliphatic heterocycles. The standard InChI is InChI=1S/C14H18N2O4/c1-9(18)15-11-3-4-13(20-2)12(6-11)16-7-10(8-17)5-14(16)19/h3-4,6,10,17H,5,7-8H2,1-2H3,(H,15,18). The van der Waals surface area contributed by atoms with Crippen molar-refractivity contribution in [2.75, 3.05) is 30.5 Å². The van der Waals surface area contributed by atoms with Gasteiger partial charge in [0.15, 0.2) is 0 Å². The lowest BCUT2D eigenvalue weighted by atomic mass is 10.1. The minimum atomic E-state index is -0.179. The van der Waals surface area contributed by atoms with Crippen LogP contribution in [0.3, 0.4) is 0 Å². The zero-order chi connectivity index (χ0) is 14.7. The second-order valence-electron chi connectivity index (χ2n) is 4.82. The molecule has 1 saturated heterocycles. The van der Waals surface area contributed by atoms with Crippen molar-refractivity contribution in [1.82, 2.24) is 0 Å². The van der Waals surface area contributed by atoms with E-state index in [1.54, 1.807) is 23.1 Å². The third-order valence-electron chi connectivity index (χ3n) is 3.25. The molecular weight excluding hydrogens is 260 g/mol. The van der Waals surface area contributed by atoms with Crippen LogP contribution in [0.25, 0.3) is 0 Å². The highest BCUT2D eigenvalue weighted by Crippen LogP contribution is 2.35. The van der Waals surface area contributed by atoms with E-state index in [4.69, 9.17) is 4.74 Å². The zero-order valence-electron chi connectivity index (χ0n) is 11.5. The fourth-order valence-corrected chi connectivity index (χ4v) is 2.32. The average Bonchev–Trinajstić information content (AvgIpc) is 2.79. The SMILES string of the molecule is COc1ccc(NC(C)=O)cc1N1CC(CO)CC1=O. The Bertz CT molecular complexity index is 530. The van der Waals surface area contributed by atoms with Crippen molar-refractivity contribution in [3.05, 3.63) is 18.2 Å². The summed E-state index contributed by atoms with van der Waals surface area (Å²) in [6.07, 6.45) is 0.323. The Kier molecular flexibility index (Phi) is 4.24. The van der Waals surface area contributed by atoms with Crippen molar-refractivity contribution in [3.8, 4) is 5.75 Å². The molecule has 1 heterocycles. The number of rotatable bonds is 4. The summed E-state index contributed by atoms with van der Waals surface area (Å²) in [5.74, 6) is 0.270. The molecule has 1 aromatic rings. The number of hydrogen-bond acceptors (Lipinski definition) is 4. The van der Waals surface area contributed by atoms with E-state index in [0.717, 1.165) is 0 Å². The first-order chi connectivity index (χ1) is 9.55. The van der Waals surface area contributed by atoms with Gasteiger partial charge >= 0.3 is 0 Å². The van der Waals surface area contributed by atoms with Gasteiger partial charge in [-0.2, -0.15) is 0 Å². The summed E-state index contributed by atoms with van der Waals surface area (Å²) in [6.45, 7) is 1.86. The number of methoxy groups -OCH3 is 1. The first kappa shape index (κ1) is 14.3. The van der Waals surface area contributed by atoms with Gasteiger partial charge in [-0.25, -0.2) is 0 Å². The maximum absolute atomic E-state index is 12.0. The molecule has 0 saturated carbocycles. The van der Waals surface area contributed by atoms with E-state index in [-0.39, 0.29) is 24.3 Å². The van der Waals surface area contributed by atoms with Crippen molar-refractivity contribution in [1.29, 1.82) is 0 Å². The first-order valence-corrected chi connectivity index (χ1v) is 6.42. The summed E-state index contributed by atoms with van der Waals surface area (Å²) in [5.41, 5.74) is 1.22. The van der Waals surface area contributed by atoms with Gasteiger partial charge in [-0.05, 0) is 18.2 Å². The first-order valence-electron chi connectivity index (χ1n) is 6.42. The van der Waals surface area contributed by atoms with Crippen LogP contribution < -0.4 is 15.0 Å². The Hall–Kier alpha value is -2.08. The summed E-state index contributed by atoms with van der Waals surface area (Å²) in [6, 6.07) is 5.13. The van der Waals surface area contributed by atoms with E-state index in [1.807, 2.05) is 0 Å². The fourth-order valence-electron chi connectivity index (χ4n) is 2.32. The van der Waals surface area contributed by atoms with E-state index in [1.165, 1.54) is 14.0 Å². The monoisotopic (exact) mass is 278 g/mol. The van der Waals surface area contributed by atoms with Crippen LogP contribution in [0, 0.1) is 5.92 Å². The van der Waals surface area contributed by atoms with Gasteiger partial charge in [0.1, 0.15) is 5.75 Å². The largest absolute Gasteiger partial charge is 0.495 e. The molecule has 108 valence electrons. The third-order valence-corrected chi connectivity index (χ3v) is 3.25. The van der Waals surface area contributed by atoms with E-state index in [2.05, 4.69) is 5.32 Å². The van der Waals surface area contributed by atoms with E-state index < -0.39 is 0 Å². The highest BCUT2D eigenvalue weighted by molar-refractivity contribution is 5.98. The maximum Gasteiger partial charge on any atom is 0.227 e. The number of hydrogen-bond donors (Lipinski definition) is 2. The van der Waals surface area contributed by atoms with Crippen molar-refractivity contribution < 1.29 is 19.4 Å². The van der Waals surface area contributed by atoms with Crippen molar-refractivity contribution in [2.45, 2.75) is 13.3 Å². The number of carbonyl (C=O) groups excluding carboxylic acids is 2. The van der Waals surface area contributed by atoms with Crippen molar-refractivity contribution in [3.63, 3.8) is 0 Å². The Morgan fingerprint density at radius 3 is 2.85 bits per heavy atom. The van der Waals surface area contributed by atoms with Gasteiger partial charge in [-0.1, -0.05) is 0 Å². The van der Waals surface area contributed by atoms with Crippen LogP contribution in [0.4, 0.5) is 11.4 Å². The van der Waals surface area contributed by atoms with Gasteiger partial charge in [0.25, 0.3) is 0 Å². The number of anilines is 2. The predicted molar refractivity (Wildman–Crippen MR) is 74.8 cm³/mol. The number of carbonyl (C=O) groups is 2. The number of nitrogens with zero attached hydrogens (tertiary/aromatic N) is 1. The molecule has 0 radical (unpaired) electrons. The van der Waals surface area contributed by atoms with Crippen LogP contribution in [0.2, 0.25) is 0 Å². The minimum absolute atomic E-state index is 0.0179. The summed E-state index contributed by atoms with van der Waals surface area (Å²) < 4.78 is 5.27. The van der Waals surface area contributed by atoms with Crippen LogP contribution in [0.15, 0.2) is 18.2 Å². The number of nitrogens with one attached hydrogen (secondary N) is 1. The molecular formula is C14H18N2O4. The Morgan fingerprint density at radius 2 is 2.30 bits per heavy atom. The van der Waals surface area contributed by atoms with E-state index in [9.17, 15) is 14.7 Å². The number of aliphatic hydroxyl groups is 1. The summed E-state index contributed by atoms with van der Waals surface area (Å²) in [7, 11) is 1.53. The molecule has 2 rings (SSSR count). The van der Waals surface area contributed by atoms with Crippen LogP contribution in [-0.4, -0.2) is 37.2 Å². The normalized spacial score (nSPS) is 18.2. The number of amides is 2. The molecule has 1 fully saturated rings. The zero-order valence-corrected chi connectivity index (χ0v) is 11.5. The van der Waals surface area contributed by atoms with Gasteiger partial charge in [-0.3, -0.25) is 9.59 Å². The highest BCUT2D eigenvalue weighted by Gasteiger charge is 2.31. The smallest absolute Gasteiger partial charge is 0.227 e. The van der Waals surface area contributed by atoms with E-state index in [0.29, 0.717) is 30.1 Å². The molecule has 1 unspecified atom stereocenters. The molecule has 1 atom stereocenters.